The average Bonchev–Trinajstić information content (AvgIpc) is 2.15. The first-order valence-electron chi connectivity index (χ1n) is 4.15. The van der Waals surface area contributed by atoms with E-state index in [-0.39, 0.29) is 0 Å². The molecule has 0 spiro atoms. The van der Waals surface area contributed by atoms with E-state index in [2.05, 4.69) is 0 Å². The lowest BCUT2D eigenvalue weighted by Gasteiger charge is -2.01. The van der Waals surface area contributed by atoms with E-state index in [1.54, 1.807) is 6.20 Å². The summed E-state index contributed by atoms with van der Waals surface area (Å²) in [6, 6.07) is 9.91. The number of rotatable bonds is 2. The van der Waals surface area contributed by atoms with Crippen LogP contribution in [-0.2, 0) is 0 Å². The van der Waals surface area contributed by atoms with E-state index in [9.17, 15) is 0 Å². The molecule has 4 N–H and O–H groups in total. The highest BCUT2D eigenvalue weighted by molar-refractivity contribution is 5.73. The molecular weight excluding hydrogens is 160 g/mol. The van der Waals surface area contributed by atoms with Gasteiger partial charge in [-0.25, -0.2) is 0 Å². The van der Waals surface area contributed by atoms with Crippen molar-refractivity contribution in [1.82, 2.24) is 0 Å². The number of benzene rings is 1. The third kappa shape index (κ3) is 2.67. The van der Waals surface area contributed by atoms with Crippen LogP contribution in [0.4, 0.5) is 0 Å². The molecule has 0 saturated carbocycles. The summed E-state index contributed by atoms with van der Waals surface area (Å²) in [5.74, 6) is 0. The zero-order valence-corrected chi connectivity index (χ0v) is 7.70. The van der Waals surface area contributed by atoms with E-state index in [4.69, 9.17) is 11.5 Å². The van der Waals surface area contributed by atoms with Gasteiger partial charge in [0.05, 0.1) is 0 Å². The Labute approximate surface area is 78.6 Å². The second-order valence-corrected chi connectivity index (χ2v) is 2.88. The summed E-state index contributed by atoms with van der Waals surface area (Å²) < 4.78 is 0. The molecule has 0 fully saturated rings. The molecule has 0 aromatic heterocycles. The molecule has 13 heavy (non-hydrogen) atoms. The van der Waals surface area contributed by atoms with Gasteiger partial charge in [0.1, 0.15) is 0 Å². The Balaban J connectivity index is 3.00. The van der Waals surface area contributed by atoms with Crippen molar-refractivity contribution >= 4 is 5.57 Å². The van der Waals surface area contributed by atoms with Crippen molar-refractivity contribution in [1.29, 1.82) is 0 Å². The highest BCUT2D eigenvalue weighted by Crippen LogP contribution is 2.14. The van der Waals surface area contributed by atoms with Gasteiger partial charge in [-0.1, -0.05) is 30.3 Å². The van der Waals surface area contributed by atoms with Gasteiger partial charge < -0.3 is 11.5 Å². The maximum Gasteiger partial charge on any atom is 0.00556 e. The SMILES string of the molecule is C/C(N)=C/C(=C\N)c1ccccc1. The van der Waals surface area contributed by atoms with Crippen LogP contribution in [0.25, 0.3) is 5.57 Å². The van der Waals surface area contributed by atoms with Crippen molar-refractivity contribution in [2.75, 3.05) is 0 Å². The van der Waals surface area contributed by atoms with Crippen molar-refractivity contribution in [2.24, 2.45) is 11.5 Å². The van der Waals surface area contributed by atoms with Gasteiger partial charge in [0.2, 0.25) is 0 Å². The Morgan fingerprint density at radius 3 is 2.31 bits per heavy atom. The molecule has 2 heteroatoms. The number of hydrogen-bond donors (Lipinski definition) is 2. The molecule has 1 rings (SSSR count). The first-order chi connectivity index (χ1) is 6.24. The zero-order valence-electron chi connectivity index (χ0n) is 7.70. The van der Waals surface area contributed by atoms with Crippen molar-refractivity contribution in [2.45, 2.75) is 6.92 Å². The van der Waals surface area contributed by atoms with Gasteiger partial charge in [-0.3, -0.25) is 0 Å². The summed E-state index contributed by atoms with van der Waals surface area (Å²) in [6.07, 6.45) is 3.42. The largest absolute Gasteiger partial charge is 0.404 e. The van der Waals surface area contributed by atoms with Gasteiger partial charge in [0.15, 0.2) is 0 Å². The van der Waals surface area contributed by atoms with Crippen molar-refractivity contribution in [3.63, 3.8) is 0 Å². The summed E-state index contributed by atoms with van der Waals surface area (Å²) in [6.45, 7) is 1.84. The fourth-order valence-electron chi connectivity index (χ4n) is 1.10. The van der Waals surface area contributed by atoms with Crippen molar-refractivity contribution < 1.29 is 0 Å². The Bertz CT molecular complexity index is 319. The number of nitrogens with two attached hydrogens (primary N) is 2. The molecule has 0 unspecified atom stereocenters. The zero-order chi connectivity index (χ0) is 9.68. The average molecular weight is 174 g/mol. The molecule has 0 amide bonds. The van der Waals surface area contributed by atoms with Crippen LogP contribution in [0.3, 0.4) is 0 Å². The standard InChI is InChI=1S/C11H14N2/c1-9(13)7-11(8-12)10-5-3-2-4-6-10/h2-8H,12-13H2,1H3/b9-7-,11-8+. The van der Waals surface area contributed by atoms with Crippen LogP contribution in [-0.4, -0.2) is 0 Å². The molecule has 1 aromatic carbocycles. The second-order valence-electron chi connectivity index (χ2n) is 2.88. The maximum absolute atomic E-state index is 5.57. The van der Waals surface area contributed by atoms with Crippen LogP contribution in [0.1, 0.15) is 12.5 Å². The van der Waals surface area contributed by atoms with Gasteiger partial charge in [0, 0.05) is 11.9 Å². The molecule has 0 radical (unpaired) electrons. The van der Waals surface area contributed by atoms with E-state index < -0.39 is 0 Å². The molecule has 0 atom stereocenters. The lowest BCUT2D eigenvalue weighted by molar-refractivity contribution is 1.31. The van der Waals surface area contributed by atoms with E-state index in [1.165, 1.54) is 0 Å². The molecular formula is C11H14N2. The van der Waals surface area contributed by atoms with Crippen LogP contribution < -0.4 is 11.5 Å². The predicted molar refractivity (Wildman–Crippen MR) is 56.6 cm³/mol. The quantitative estimate of drug-likeness (QED) is 0.672. The van der Waals surface area contributed by atoms with Gasteiger partial charge in [-0.05, 0) is 24.1 Å². The van der Waals surface area contributed by atoms with Crippen molar-refractivity contribution in [3.8, 4) is 0 Å². The Kier molecular flexibility index (Phi) is 3.15. The fraction of sp³-hybridized carbons (Fsp3) is 0.0909. The monoisotopic (exact) mass is 174 g/mol. The van der Waals surface area contributed by atoms with Crippen LogP contribution in [0.2, 0.25) is 0 Å². The van der Waals surface area contributed by atoms with Crippen LogP contribution in [0, 0.1) is 0 Å². The fourth-order valence-corrected chi connectivity index (χ4v) is 1.10. The normalized spacial score (nSPS) is 13.0. The molecule has 0 aliphatic carbocycles. The van der Waals surface area contributed by atoms with E-state index in [0.29, 0.717) is 0 Å². The van der Waals surface area contributed by atoms with E-state index in [0.717, 1.165) is 16.8 Å². The minimum atomic E-state index is 0.751. The summed E-state index contributed by atoms with van der Waals surface area (Å²) in [5.41, 5.74) is 13.8. The highest BCUT2D eigenvalue weighted by Gasteiger charge is 1.95. The van der Waals surface area contributed by atoms with Crippen LogP contribution >= 0.6 is 0 Å². The smallest absolute Gasteiger partial charge is 0.00556 e. The summed E-state index contributed by atoms with van der Waals surface area (Å²) >= 11 is 0. The molecule has 0 saturated heterocycles. The topological polar surface area (TPSA) is 52.0 Å². The van der Waals surface area contributed by atoms with Gasteiger partial charge in [0.25, 0.3) is 0 Å². The molecule has 0 aliphatic rings. The predicted octanol–water partition coefficient (Wildman–Crippen LogP) is 1.85. The van der Waals surface area contributed by atoms with Gasteiger partial charge in [-0.2, -0.15) is 0 Å². The Morgan fingerprint density at radius 2 is 1.85 bits per heavy atom. The molecule has 1 aromatic rings. The van der Waals surface area contributed by atoms with E-state index >= 15 is 0 Å². The number of allylic oxidation sites excluding steroid dienone is 3. The lowest BCUT2D eigenvalue weighted by Crippen LogP contribution is -1.93. The van der Waals surface area contributed by atoms with Crippen molar-refractivity contribution in [3.05, 3.63) is 53.9 Å². The molecule has 0 bridgehead atoms. The summed E-state index contributed by atoms with van der Waals surface area (Å²) in [4.78, 5) is 0. The summed E-state index contributed by atoms with van der Waals surface area (Å²) in [7, 11) is 0. The minimum absolute atomic E-state index is 0.751. The van der Waals surface area contributed by atoms with E-state index in [1.807, 2.05) is 43.3 Å². The molecule has 0 heterocycles. The lowest BCUT2D eigenvalue weighted by atomic mass is 10.1. The Hall–Kier alpha value is -1.70. The number of hydrogen-bond acceptors (Lipinski definition) is 2. The molecule has 0 aliphatic heterocycles. The summed E-state index contributed by atoms with van der Waals surface area (Å²) in [5, 5.41) is 0. The second kappa shape index (κ2) is 4.36. The highest BCUT2D eigenvalue weighted by atomic mass is 14.5. The first kappa shape index (κ1) is 9.39. The Morgan fingerprint density at radius 1 is 1.23 bits per heavy atom. The minimum Gasteiger partial charge on any atom is -0.404 e. The van der Waals surface area contributed by atoms with Gasteiger partial charge in [-0.15, -0.1) is 0 Å². The third-order valence-electron chi connectivity index (χ3n) is 1.67. The van der Waals surface area contributed by atoms with Crippen LogP contribution in [0.15, 0.2) is 48.3 Å². The first-order valence-corrected chi connectivity index (χ1v) is 4.15. The molecule has 68 valence electrons. The maximum atomic E-state index is 5.57. The van der Waals surface area contributed by atoms with Crippen LogP contribution in [0.5, 0.6) is 0 Å². The third-order valence-corrected chi connectivity index (χ3v) is 1.67. The molecule has 2 nitrogen and oxygen atoms in total. The van der Waals surface area contributed by atoms with Gasteiger partial charge >= 0.3 is 0 Å².